The maximum atomic E-state index is 12.1. The molecule has 1 heterocycles. The van der Waals surface area contributed by atoms with Gasteiger partial charge in [-0.1, -0.05) is 18.2 Å². The summed E-state index contributed by atoms with van der Waals surface area (Å²) in [5.41, 5.74) is 2.89. The van der Waals surface area contributed by atoms with Crippen molar-refractivity contribution in [3.05, 3.63) is 72.6 Å². The number of anilines is 1. The van der Waals surface area contributed by atoms with Crippen molar-refractivity contribution >= 4 is 23.4 Å². The van der Waals surface area contributed by atoms with Crippen molar-refractivity contribution in [1.82, 2.24) is 9.78 Å². The predicted octanol–water partition coefficient (Wildman–Crippen LogP) is 4.17. The number of nitrogens with one attached hydrogen (secondary N) is 1. The van der Waals surface area contributed by atoms with E-state index in [9.17, 15) is 4.79 Å². The number of benzene rings is 2. The Morgan fingerprint density at radius 2 is 1.88 bits per heavy atom. The van der Waals surface area contributed by atoms with E-state index < -0.39 is 0 Å². The molecule has 0 spiro atoms. The highest BCUT2D eigenvalue weighted by Crippen LogP contribution is 2.17. The third-order valence-electron chi connectivity index (χ3n) is 3.67. The Labute approximate surface area is 145 Å². The molecule has 0 aliphatic carbocycles. The average Bonchev–Trinajstić information content (AvgIpc) is 3.10. The van der Waals surface area contributed by atoms with Crippen molar-refractivity contribution in [2.24, 2.45) is 0 Å². The van der Waals surface area contributed by atoms with E-state index in [1.165, 1.54) is 4.90 Å². The summed E-state index contributed by atoms with van der Waals surface area (Å²) in [5.74, 6) is 0.0133. The number of thioether (sulfide) groups is 1. The fraction of sp³-hybridized carbons (Fsp3) is 0.158. The molecule has 2 aromatic carbocycles. The minimum absolute atomic E-state index is 0.0133. The number of carbonyl (C=O) groups excluding carboxylic acids is 1. The molecular formula is C19H19N3OS. The van der Waals surface area contributed by atoms with E-state index in [4.69, 9.17) is 0 Å². The van der Waals surface area contributed by atoms with E-state index in [2.05, 4.69) is 10.4 Å². The van der Waals surface area contributed by atoms with Crippen LogP contribution in [0.3, 0.4) is 0 Å². The standard InChI is InChI=1S/C19H19N3OS/c1-24-18-10-8-16(9-11-18)21-19(23)12-7-15-13-20-22(14-15)17-5-3-2-4-6-17/h2-6,8-11,13-14H,7,12H2,1H3,(H,21,23). The van der Waals surface area contributed by atoms with Crippen LogP contribution in [-0.4, -0.2) is 21.9 Å². The lowest BCUT2D eigenvalue weighted by Crippen LogP contribution is -2.12. The highest BCUT2D eigenvalue weighted by atomic mass is 32.2. The molecule has 0 aliphatic rings. The zero-order valence-corrected chi connectivity index (χ0v) is 14.3. The van der Waals surface area contributed by atoms with Crippen molar-refractivity contribution in [2.75, 3.05) is 11.6 Å². The van der Waals surface area contributed by atoms with E-state index >= 15 is 0 Å². The first-order chi connectivity index (χ1) is 11.7. The number of hydrogen-bond donors (Lipinski definition) is 1. The molecule has 0 unspecified atom stereocenters. The lowest BCUT2D eigenvalue weighted by molar-refractivity contribution is -0.116. The van der Waals surface area contributed by atoms with Crippen LogP contribution >= 0.6 is 11.8 Å². The van der Waals surface area contributed by atoms with Gasteiger partial charge in [-0.3, -0.25) is 4.79 Å². The summed E-state index contributed by atoms with van der Waals surface area (Å²) >= 11 is 1.68. The van der Waals surface area contributed by atoms with Gasteiger partial charge in [0, 0.05) is 23.2 Å². The molecule has 0 radical (unpaired) electrons. The number of amides is 1. The number of para-hydroxylation sites is 1. The first-order valence-electron chi connectivity index (χ1n) is 7.77. The maximum absolute atomic E-state index is 12.1. The van der Waals surface area contributed by atoms with Crippen LogP contribution < -0.4 is 5.32 Å². The normalized spacial score (nSPS) is 10.5. The lowest BCUT2D eigenvalue weighted by Gasteiger charge is -2.05. The Morgan fingerprint density at radius 1 is 1.12 bits per heavy atom. The Bertz CT molecular complexity index is 797. The van der Waals surface area contributed by atoms with Crippen LogP contribution in [-0.2, 0) is 11.2 Å². The molecule has 3 rings (SSSR count). The van der Waals surface area contributed by atoms with Crippen LogP contribution in [0.25, 0.3) is 5.69 Å². The summed E-state index contributed by atoms with van der Waals surface area (Å²) in [4.78, 5) is 13.3. The number of aryl methyl sites for hydroxylation is 1. The van der Waals surface area contributed by atoms with Crippen LogP contribution in [0.5, 0.6) is 0 Å². The second-order valence-electron chi connectivity index (χ2n) is 5.41. The highest BCUT2D eigenvalue weighted by molar-refractivity contribution is 7.98. The van der Waals surface area contributed by atoms with Crippen LogP contribution in [0, 0.1) is 0 Å². The van der Waals surface area contributed by atoms with Crippen LogP contribution in [0.4, 0.5) is 5.69 Å². The van der Waals surface area contributed by atoms with Crippen molar-refractivity contribution in [2.45, 2.75) is 17.7 Å². The number of aromatic nitrogens is 2. The van der Waals surface area contributed by atoms with Gasteiger partial charge in [-0.2, -0.15) is 5.10 Å². The van der Waals surface area contributed by atoms with Gasteiger partial charge in [0.2, 0.25) is 5.91 Å². The third-order valence-corrected chi connectivity index (χ3v) is 4.41. The summed E-state index contributed by atoms with van der Waals surface area (Å²) in [7, 11) is 0. The van der Waals surface area contributed by atoms with E-state index in [0.29, 0.717) is 12.8 Å². The van der Waals surface area contributed by atoms with E-state index in [1.807, 2.05) is 77.9 Å². The van der Waals surface area contributed by atoms with Gasteiger partial charge < -0.3 is 5.32 Å². The number of rotatable bonds is 6. The number of hydrogen-bond acceptors (Lipinski definition) is 3. The van der Waals surface area contributed by atoms with Crippen LogP contribution in [0.2, 0.25) is 0 Å². The second-order valence-corrected chi connectivity index (χ2v) is 6.29. The SMILES string of the molecule is CSc1ccc(NC(=O)CCc2cnn(-c3ccccc3)c2)cc1. The Morgan fingerprint density at radius 3 is 2.58 bits per heavy atom. The van der Waals surface area contributed by atoms with Gasteiger partial charge >= 0.3 is 0 Å². The quantitative estimate of drug-likeness (QED) is 0.687. The zero-order valence-electron chi connectivity index (χ0n) is 13.5. The summed E-state index contributed by atoms with van der Waals surface area (Å²) in [6, 6.07) is 17.8. The number of nitrogens with zero attached hydrogens (tertiary/aromatic N) is 2. The molecule has 1 amide bonds. The molecule has 0 saturated heterocycles. The molecule has 0 atom stereocenters. The van der Waals surface area contributed by atoms with Gasteiger partial charge in [0.25, 0.3) is 0 Å². The van der Waals surface area contributed by atoms with Gasteiger partial charge in [0.15, 0.2) is 0 Å². The van der Waals surface area contributed by atoms with E-state index in [0.717, 1.165) is 16.9 Å². The smallest absolute Gasteiger partial charge is 0.224 e. The molecule has 3 aromatic rings. The van der Waals surface area contributed by atoms with Crippen molar-refractivity contribution < 1.29 is 4.79 Å². The van der Waals surface area contributed by atoms with Crippen molar-refractivity contribution in [3.8, 4) is 5.69 Å². The molecule has 24 heavy (non-hydrogen) atoms. The topological polar surface area (TPSA) is 46.9 Å². The molecule has 5 heteroatoms. The van der Waals surface area contributed by atoms with E-state index in [-0.39, 0.29) is 5.91 Å². The zero-order chi connectivity index (χ0) is 16.8. The van der Waals surface area contributed by atoms with Crippen LogP contribution in [0.15, 0.2) is 71.9 Å². The second kappa shape index (κ2) is 7.84. The molecule has 122 valence electrons. The van der Waals surface area contributed by atoms with Crippen molar-refractivity contribution in [3.63, 3.8) is 0 Å². The van der Waals surface area contributed by atoms with Crippen LogP contribution in [0.1, 0.15) is 12.0 Å². The average molecular weight is 337 g/mol. The Hall–Kier alpha value is -2.53. The van der Waals surface area contributed by atoms with Gasteiger partial charge in [-0.05, 0) is 54.6 Å². The molecule has 0 aliphatic heterocycles. The lowest BCUT2D eigenvalue weighted by atomic mass is 10.2. The minimum atomic E-state index is 0.0133. The predicted molar refractivity (Wildman–Crippen MR) is 98.7 cm³/mol. The summed E-state index contributed by atoms with van der Waals surface area (Å²) in [6.45, 7) is 0. The third kappa shape index (κ3) is 4.26. The van der Waals surface area contributed by atoms with Gasteiger partial charge in [0.1, 0.15) is 0 Å². The molecular weight excluding hydrogens is 318 g/mol. The van der Waals surface area contributed by atoms with Crippen molar-refractivity contribution in [1.29, 1.82) is 0 Å². The Kier molecular flexibility index (Phi) is 5.33. The van der Waals surface area contributed by atoms with Gasteiger partial charge in [-0.15, -0.1) is 11.8 Å². The van der Waals surface area contributed by atoms with Gasteiger partial charge in [0.05, 0.1) is 11.9 Å². The van der Waals surface area contributed by atoms with Gasteiger partial charge in [-0.25, -0.2) is 4.68 Å². The molecule has 1 aromatic heterocycles. The molecule has 0 fully saturated rings. The molecule has 0 bridgehead atoms. The summed E-state index contributed by atoms with van der Waals surface area (Å²) in [6.07, 6.45) is 6.92. The van der Waals surface area contributed by atoms with E-state index in [1.54, 1.807) is 11.8 Å². The minimum Gasteiger partial charge on any atom is -0.326 e. The largest absolute Gasteiger partial charge is 0.326 e. The maximum Gasteiger partial charge on any atom is 0.224 e. The number of carbonyl (C=O) groups is 1. The molecule has 1 N–H and O–H groups in total. The molecule has 4 nitrogen and oxygen atoms in total. The first-order valence-corrected chi connectivity index (χ1v) is 9.00. The summed E-state index contributed by atoms with van der Waals surface area (Å²) < 4.78 is 1.83. The fourth-order valence-electron chi connectivity index (χ4n) is 2.37. The fourth-order valence-corrected chi connectivity index (χ4v) is 2.78. The Balaban J connectivity index is 1.53. The first kappa shape index (κ1) is 16.3. The molecule has 0 saturated carbocycles. The monoisotopic (exact) mass is 337 g/mol. The summed E-state index contributed by atoms with van der Waals surface area (Å²) in [5, 5.41) is 7.28. The highest BCUT2D eigenvalue weighted by Gasteiger charge is 2.06.